The molecule has 0 radical (unpaired) electrons. The van der Waals surface area contributed by atoms with Gasteiger partial charge >= 0.3 is 0 Å². The number of aryl methyl sites for hydroxylation is 1. The molecule has 0 aliphatic carbocycles. The van der Waals surface area contributed by atoms with Crippen molar-refractivity contribution in [3.05, 3.63) is 53.0 Å². The zero-order chi connectivity index (χ0) is 21.9. The molecule has 3 N–H and O–H groups in total. The number of benzene rings is 2. The van der Waals surface area contributed by atoms with Crippen LogP contribution in [0.25, 0.3) is 10.6 Å². The number of nitrogens with zero attached hydrogens (tertiary/aromatic N) is 1. The molecule has 1 amide bonds. The van der Waals surface area contributed by atoms with Crippen LogP contribution in [0.1, 0.15) is 11.3 Å². The normalized spacial score (nSPS) is 11.2. The zero-order valence-corrected chi connectivity index (χ0v) is 18.3. The van der Waals surface area contributed by atoms with Crippen molar-refractivity contribution in [1.29, 1.82) is 0 Å². The summed E-state index contributed by atoms with van der Waals surface area (Å²) in [7, 11) is -0.742. The van der Waals surface area contributed by atoms with E-state index in [0.29, 0.717) is 28.4 Å². The van der Waals surface area contributed by atoms with Crippen molar-refractivity contribution in [1.82, 2.24) is 4.98 Å². The summed E-state index contributed by atoms with van der Waals surface area (Å²) in [6.07, 6.45) is 0.0440. The van der Waals surface area contributed by atoms with Gasteiger partial charge in [0.25, 0.3) is 0 Å². The summed E-state index contributed by atoms with van der Waals surface area (Å²) in [5.74, 6) is 0.896. The third-order valence-corrected chi connectivity index (χ3v) is 6.30. The molecule has 0 saturated heterocycles. The number of thiazole rings is 1. The fourth-order valence-corrected chi connectivity index (χ4v) is 4.47. The maximum atomic E-state index is 12.4. The average molecular weight is 448 g/mol. The van der Waals surface area contributed by atoms with Gasteiger partial charge in [0.2, 0.25) is 15.9 Å². The number of nitrogens with one attached hydrogen (secondary N) is 1. The average Bonchev–Trinajstić information content (AvgIpc) is 3.16. The molecule has 0 spiro atoms. The van der Waals surface area contributed by atoms with Crippen LogP contribution in [0.5, 0.6) is 11.5 Å². The van der Waals surface area contributed by atoms with Crippen LogP contribution in [-0.4, -0.2) is 33.5 Å². The number of carbonyl (C=O) groups excluding carboxylic acids is 1. The van der Waals surface area contributed by atoms with Gasteiger partial charge in [-0.3, -0.25) is 4.79 Å². The zero-order valence-electron chi connectivity index (χ0n) is 16.6. The van der Waals surface area contributed by atoms with E-state index < -0.39 is 10.0 Å². The predicted octanol–water partition coefficient (Wildman–Crippen LogP) is 2.96. The lowest BCUT2D eigenvalue weighted by Gasteiger charge is -2.08. The molecule has 0 aliphatic rings. The lowest BCUT2D eigenvalue weighted by atomic mass is 10.2. The Hall–Kier alpha value is -2.95. The highest BCUT2D eigenvalue weighted by Gasteiger charge is 2.15. The van der Waals surface area contributed by atoms with Crippen molar-refractivity contribution in [3.63, 3.8) is 0 Å². The molecule has 0 bridgehead atoms. The first-order valence-electron chi connectivity index (χ1n) is 8.81. The molecule has 8 nitrogen and oxygen atoms in total. The maximum absolute atomic E-state index is 12.4. The predicted molar refractivity (Wildman–Crippen MR) is 116 cm³/mol. The van der Waals surface area contributed by atoms with Crippen LogP contribution < -0.4 is 19.9 Å². The number of hydrogen-bond acceptors (Lipinski definition) is 7. The number of anilines is 1. The van der Waals surface area contributed by atoms with Gasteiger partial charge in [0.15, 0.2) is 11.5 Å². The van der Waals surface area contributed by atoms with Gasteiger partial charge in [-0.1, -0.05) is 6.07 Å². The Morgan fingerprint density at radius 3 is 2.53 bits per heavy atom. The number of amides is 1. The summed E-state index contributed by atoms with van der Waals surface area (Å²) in [4.78, 5) is 16.9. The van der Waals surface area contributed by atoms with Crippen molar-refractivity contribution < 1.29 is 22.7 Å². The molecule has 10 heteroatoms. The number of carbonyl (C=O) groups is 1. The van der Waals surface area contributed by atoms with E-state index in [0.717, 1.165) is 10.6 Å². The molecule has 0 saturated carbocycles. The van der Waals surface area contributed by atoms with Crippen LogP contribution in [0.2, 0.25) is 0 Å². The van der Waals surface area contributed by atoms with Gasteiger partial charge in [0.1, 0.15) is 5.01 Å². The highest BCUT2D eigenvalue weighted by Crippen LogP contribution is 2.33. The number of nitrogens with two attached hydrogens (primary N) is 1. The topological polar surface area (TPSA) is 121 Å². The van der Waals surface area contributed by atoms with E-state index in [4.69, 9.17) is 14.6 Å². The largest absolute Gasteiger partial charge is 0.493 e. The second-order valence-electron chi connectivity index (χ2n) is 6.46. The van der Waals surface area contributed by atoms with Crippen molar-refractivity contribution in [2.45, 2.75) is 18.2 Å². The third-order valence-electron chi connectivity index (χ3n) is 4.30. The highest BCUT2D eigenvalue weighted by atomic mass is 32.2. The van der Waals surface area contributed by atoms with E-state index >= 15 is 0 Å². The lowest BCUT2D eigenvalue weighted by Crippen LogP contribution is -2.17. The molecule has 0 atom stereocenters. The van der Waals surface area contributed by atoms with E-state index in [9.17, 15) is 13.2 Å². The summed E-state index contributed by atoms with van der Waals surface area (Å²) in [6, 6.07) is 10.0. The van der Waals surface area contributed by atoms with Gasteiger partial charge in [0, 0.05) is 16.6 Å². The van der Waals surface area contributed by atoms with Gasteiger partial charge in [-0.25, -0.2) is 18.5 Å². The minimum Gasteiger partial charge on any atom is -0.493 e. The van der Waals surface area contributed by atoms with Gasteiger partial charge in [-0.2, -0.15) is 0 Å². The number of methoxy groups -OCH3 is 2. The number of sulfonamides is 1. The van der Waals surface area contributed by atoms with Crippen LogP contribution in [0.15, 0.2) is 46.7 Å². The van der Waals surface area contributed by atoms with Crippen LogP contribution >= 0.6 is 11.3 Å². The summed E-state index contributed by atoms with van der Waals surface area (Å²) in [5, 5.41) is 10.4. The summed E-state index contributed by atoms with van der Waals surface area (Å²) in [6.45, 7) is 1.64. The molecule has 30 heavy (non-hydrogen) atoms. The van der Waals surface area contributed by atoms with E-state index in [1.165, 1.54) is 17.4 Å². The molecule has 3 aromatic rings. The molecular weight excluding hydrogens is 426 g/mol. The van der Waals surface area contributed by atoms with Crippen molar-refractivity contribution in [2.24, 2.45) is 5.14 Å². The summed E-state index contributed by atoms with van der Waals surface area (Å²) < 4.78 is 33.8. The maximum Gasteiger partial charge on any atom is 0.238 e. The van der Waals surface area contributed by atoms with Gasteiger partial charge in [0.05, 0.1) is 31.2 Å². The molecule has 158 valence electrons. The second kappa shape index (κ2) is 8.82. The summed E-state index contributed by atoms with van der Waals surface area (Å²) in [5.41, 5.74) is 2.31. The Morgan fingerprint density at radius 1 is 1.13 bits per heavy atom. The minimum atomic E-state index is -3.87. The van der Waals surface area contributed by atoms with Gasteiger partial charge < -0.3 is 14.8 Å². The third kappa shape index (κ3) is 4.96. The van der Waals surface area contributed by atoms with Crippen molar-refractivity contribution in [3.8, 4) is 22.1 Å². The number of aromatic nitrogens is 1. The number of rotatable bonds is 7. The molecule has 1 heterocycles. The second-order valence-corrected chi connectivity index (χ2v) is 8.85. The summed E-state index contributed by atoms with van der Waals surface area (Å²) >= 11 is 1.41. The lowest BCUT2D eigenvalue weighted by molar-refractivity contribution is -0.115. The van der Waals surface area contributed by atoms with E-state index in [-0.39, 0.29) is 17.2 Å². The number of primary sulfonamides is 1. The molecule has 0 fully saturated rings. The van der Waals surface area contributed by atoms with E-state index in [1.807, 2.05) is 12.1 Å². The van der Waals surface area contributed by atoms with E-state index in [2.05, 4.69) is 10.3 Å². The SMILES string of the molecule is COc1ccc(-c2nc(CC(=O)Nc3ccc(C)c(S(N)(=O)=O)c3)cs2)cc1OC. The fraction of sp³-hybridized carbons (Fsp3) is 0.200. The molecule has 3 rings (SSSR count). The van der Waals surface area contributed by atoms with Crippen LogP contribution in [0.4, 0.5) is 5.69 Å². The standard InChI is InChI=1S/C20H21N3O5S2/c1-12-4-6-14(9-18(12)30(21,25)26)22-19(24)10-15-11-29-20(23-15)13-5-7-16(27-2)17(8-13)28-3/h4-9,11H,10H2,1-3H3,(H,22,24)(H2,21,25,26). The number of hydrogen-bond donors (Lipinski definition) is 2. The first-order chi connectivity index (χ1) is 14.2. The fourth-order valence-electron chi connectivity index (χ4n) is 2.84. The Morgan fingerprint density at radius 2 is 1.87 bits per heavy atom. The molecule has 2 aromatic carbocycles. The van der Waals surface area contributed by atoms with Crippen LogP contribution in [-0.2, 0) is 21.2 Å². The van der Waals surface area contributed by atoms with Crippen molar-refractivity contribution in [2.75, 3.05) is 19.5 Å². The first-order valence-corrected chi connectivity index (χ1v) is 11.2. The Balaban J connectivity index is 1.73. The van der Waals surface area contributed by atoms with Crippen LogP contribution in [0, 0.1) is 6.92 Å². The highest BCUT2D eigenvalue weighted by molar-refractivity contribution is 7.89. The Kier molecular flexibility index (Phi) is 6.40. The smallest absolute Gasteiger partial charge is 0.238 e. The minimum absolute atomic E-state index is 0.0234. The molecule has 1 aromatic heterocycles. The quantitative estimate of drug-likeness (QED) is 0.574. The van der Waals surface area contributed by atoms with E-state index in [1.54, 1.807) is 44.7 Å². The van der Waals surface area contributed by atoms with Crippen molar-refractivity contribution >= 4 is 33.0 Å². The monoisotopic (exact) mass is 447 g/mol. The Labute approximate surface area is 178 Å². The van der Waals surface area contributed by atoms with Gasteiger partial charge in [-0.15, -0.1) is 11.3 Å². The first kappa shape index (κ1) is 21.8. The molecule has 0 unspecified atom stereocenters. The van der Waals surface area contributed by atoms with Crippen LogP contribution in [0.3, 0.4) is 0 Å². The molecule has 0 aliphatic heterocycles. The number of ether oxygens (including phenoxy) is 2. The van der Waals surface area contributed by atoms with Gasteiger partial charge in [-0.05, 0) is 42.8 Å². The Bertz CT molecular complexity index is 1190. The molecular formula is C20H21N3O5S2.